The third kappa shape index (κ3) is 2.59. The number of nitrogens with one attached hydrogen (secondary N) is 1. The highest BCUT2D eigenvalue weighted by Gasteiger charge is 2.43. The standard InChI is InChI=1S/C14H26N6/c1-4-14(5-2)10-15-12(11-6-7-11)8-20(14)9-13-16-18-19(3)17-13/h11-12,15H,4-10H2,1-3H3. The van der Waals surface area contributed by atoms with Gasteiger partial charge in [-0.1, -0.05) is 13.8 Å². The van der Waals surface area contributed by atoms with Gasteiger partial charge in [0, 0.05) is 24.7 Å². The molecule has 1 aromatic heterocycles. The molecule has 6 nitrogen and oxygen atoms in total. The van der Waals surface area contributed by atoms with Gasteiger partial charge in [-0.25, -0.2) is 0 Å². The van der Waals surface area contributed by atoms with Crippen molar-refractivity contribution in [1.82, 2.24) is 30.4 Å². The molecule has 0 radical (unpaired) electrons. The molecular formula is C14H26N6. The van der Waals surface area contributed by atoms with Crippen molar-refractivity contribution in [2.45, 2.75) is 57.7 Å². The summed E-state index contributed by atoms with van der Waals surface area (Å²) in [5.74, 6) is 1.73. The molecule has 20 heavy (non-hydrogen) atoms. The predicted octanol–water partition coefficient (Wildman–Crippen LogP) is 0.953. The zero-order valence-electron chi connectivity index (χ0n) is 12.8. The zero-order chi connectivity index (χ0) is 14.2. The molecule has 0 aromatic carbocycles. The van der Waals surface area contributed by atoms with Gasteiger partial charge in [0.1, 0.15) is 0 Å². The fraction of sp³-hybridized carbons (Fsp3) is 0.929. The van der Waals surface area contributed by atoms with Crippen molar-refractivity contribution >= 4 is 0 Å². The number of aromatic nitrogens is 4. The highest BCUT2D eigenvalue weighted by molar-refractivity contribution is 5.02. The molecule has 1 aliphatic heterocycles. The van der Waals surface area contributed by atoms with Crippen LogP contribution in [0, 0.1) is 5.92 Å². The van der Waals surface area contributed by atoms with Crippen molar-refractivity contribution in [3.05, 3.63) is 5.82 Å². The molecule has 2 fully saturated rings. The van der Waals surface area contributed by atoms with Gasteiger partial charge in [-0.05, 0) is 36.8 Å². The molecule has 1 unspecified atom stereocenters. The van der Waals surface area contributed by atoms with Crippen molar-refractivity contribution in [2.75, 3.05) is 13.1 Å². The Morgan fingerprint density at radius 1 is 1.30 bits per heavy atom. The van der Waals surface area contributed by atoms with E-state index in [9.17, 15) is 0 Å². The van der Waals surface area contributed by atoms with E-state index >= 15 is 0 Å². The van der Waals surface area contributed by atoms with Crippen molar-refractivity contribution < 1.29 is 0 Å². The molecule has 1 saturated heterocycles. The van der Waals surface area contributed by atoms with E-state index in [0.717, 1.165) is 44.2 Å². The number of rotatable bonds is 5. The number of nitrogens with zero attached hydrogens (tertiary/aromatic N) is 5. The summed E-state index contributed by atoms with van der Waals surface area (Å²) < 4.78 is 0. The molecule has 6 heteroatoms. The average molecular weight is 278 g/mol. The van der Waals surface area contributed by atoms with Crippen molar-refractivity contribution in [1.29, 1.82) is 0 Å². The second kappa shape index (κ2) is 5.41. The van der Waals surface area contributed by atoms with E-state index in [1.54, 1.807) is 4.80 Å². The number of hydrogen-bond donors (Lipinski definition) is 1. The Bertz CT molecular complexity index is 448. The van der Waals surface area contributed by atoms with Crippen LogP contribution in [0.2, 0.25) is 0 Å². The molecule has 0 bridgehead atoms. The Morgan fingerprint density at radius 2 is 2.05 bits per heavy atom. The lowest BCUT2D eigenvalue weighted by Gasteiger charge is -2.49. The lowest BCUT2D eigenvalue weighted by atomic mass is 9.86. The molecule has 1 aliphatic carbocycles. The molecule has 2 heterocycles. The average Bonchev–Trinajstić information content (AvgIpc) is 3.23. The summed E-state index contributed by atoms with van der Waals surface area (Å²) in [5, 5.41) is 16.3. The molecule has 1 N–H and O–H groups in total. The highest BCUT2D eigenvalue weighted by Crippen LogP contribution is 2.37. The number of piperazine rings is 1. The van der Waals surface area contributed by atoms with Gasteiger partial charge >= 0.3 is 0 Å². The lowest BCUT2D eigenvalue weighted by molar-refractivity contribution is 0.0182. The van der Waals surface area contributed by atoms with Gasteiger partial charge in [-0.3, -0.25) is 4.90 Å². The van der Waals surface area contributed by atoms with Crippen LogP contribution in [0.5, 0.6) is 0 Å². The van der Waals surface area contributed by atoms with E-state index in [-0.39, 0.29) is 5.54 Å². The third-order valence-corrected chi connectivity index (χ3v) is 5.17. The summed E-state index contributed by atoms with van der Waals surface area (Å²) in [7, 11) is 1.83. The van der Waals surface area contributed by atoms with Gasteiger partial charge in [0.05, 0.1) is 13.6 Å². The maximum atomic E-state index is 4.36. The summed E-state index contributed by atoms with van der Waals surface area (Å²) in [6, 6.07) is 0.651. The summed E-state index contributed by atoms with van der Waals surface area (Å²) in [6.45, 7) is 7.60. The Balaban J connectivity index is 1.76. The van der Waals surface area contributed by atoms with Crippen LogP contribution in [0.1, 0.15) is 45.4 Å². The van der Waals surface area contributed by atoms with E-state index in [1.165, 1.54) is 12.8 Å². The Morgan fingerprint density at radius 3 is 2.60 bits per heavy atom. The van der Waals surface area contributed by atoms with Crippen LogP contribution in [0.3, 0.4) is 0 Å². The minimum atomic E-state index is 0.241. The number of tetrazole rings is 1. The van der Waals surface area contributed by atoms with E-state index < -0.39 is 0 Å². The van der Waals surface area contributed by atoms with Gasteiger partial charge in [-0.15, -0.1) is 10.2 Å². The van der Waals surface area contributed by atoms with Crippen LogP contribution >= 0.6 is 0 Å². The molecule has 2 aliphatic rings. The van der Waals surface area contributed by atoms with Gasteiger partial charge in [0.2, 0.25) is 0 Å². The largest absolute Gasteiger partial charge is 0.311 e. The van der Waals surface area contributed by atoms with Crippen LogP contribution in [0.25, 0.3) is 0 Å². The summed E-state index contributed by atoms with van der Waals surface area (Å²) >= 11 is 0. The topological polar surface area (TPSA) is 58.9 Å². The van der Waals surface area contributed by atoms with E-state index in [2.05, 4.69) is 39.5 Å². The fourth-order valence-corrected chi connectivity index (χ4v) is 3.48. The summed E-state index contributed by atoms with van der Waals surface area (Å²) in [4.78, 5) is 4.15. The third-order valence-electron chi connectivity index (χ3n) is 5.17. The quantitative estimate of drug-likeness (QED) is 0.869. The van der Waals surface area contributed by atoms with E-state index in [1.807, 2.05) is 7.05 Å². The lowest BCUT2D eigenvalue weighted by Crippen LogP contribution is -2.64. The maximum absolute atomic E-state index is 4.36. The second-order valence-electron chi connectivity index (χ2n) is 6.33. The minimum absolute atomic E-state index is 0.241. The fourth-order valence-electron chi connectivity index (χ4n) is 3.48. The van der Waals surface area contributed by atoms with Crippen LogP contribution in [-0.2, 0) is 13.6 Å². The Hall–Kier alpha value is -1.01. The van der Waals surface area contributed by atoms with Gasteiger partial charge in [0.15, 0.2) is 5.82 Å². The molecule has 1 aromatic rings. The summed E-state index contributed by atoms with van der Waals surface area (Å²) in [6.07, 6.45) is 5.10. The first-order valence-corrected chi connectivity index (χ1v) is 7.88. The smallest absolute Gasteiger partial charge is 0.188 e. The molecule has 1 saturated carbocycles. The first kappa shape index (κ1) is 13.9. The maximum Gasteiger partial charge on any atom is 0.188 e. The first-order valence-electron chi connectivity index (χ1n) is 7.88. The van der Waals surface area contributed by atoms with Crippen molar-refractivity contribution in [3.63, 3.8) is 0 Å². The highest BCUT2D eigenvalue weighted by atomic mass is 15.6. The van der Waals surface area contributed by atoms with Crippen LogP contribution in [-0.4, -0.2) is 49.8 Å². The first-order chi connectivity index (χ1) is 9.66. The number of aryl methyl sites for hydroxylation is 1. The van der Waals surface area contributed by atoms with Crippen molar-refractivity contribution in [3.8, 4) is 0 Å². The van der Waals surface area contributed by atoms with Crippen LogP contribution in [0.4, 0.5) is 0 Å². The van der Waals surface area contributed by atoms with Gasteiger partial charge in [-0.2, -0.15) is 4.80 Å². The number of hydrogen-bond acceptors (Lipinski definition) is 5. The predicted molar refractivity (Wildman–Crippen MR) is 77.0 cm³/mol. The molecular weight excluding hydrogens is 252 g/mol. The van der Waals surface area contributed by atoms with Crippen LogP contribution < -0.4 is 5.32 Å². The molecule has 0 amide bonds. The van der Waals surface area contributed by atoms with Gasteiger partial charge < -0.3 is 5.32 Å². The van der Waals surface area contributed by atoms with Gasteiger partial charge in [0.25, 0.3) is 0 Å². The second-order valence-corrected chi connectivity index (χ2v) is 6.33. The zero-order valence-corrected chi connectivity index (χ0v) is 12.8. The Kier molecular flexibility index (Phi) is 3.77. The van der Waals surface area contributed by atoms with E-state index in [0.29, 0.717) is 6.04 Å². The monoisotopic (exact) mass is 278 g/mol. The normalized spacial score (nSPS) is 26.9. The SMILES string of the molecule is CCC1(CC)CNC(C2CC2)CN1Cc1nnn(C)n1. The molecule has 112 valence electrons. The van der Waals surface area contributed by atoms with Crippen molar-refractivity contribution in [2.24, 2.45) is 13.0 Å². The Labute approximate surface area is 120 Å². The molecule has 0 spiro atoms. The van der Waals surface area contributed by atoms with E-state index in [4.69, 9.17) is 0 Å². The molecule has 3 rings (SSSR count). The van der Waals surface area contributed by atoms with Crippen LogP contribution in [0.15, 0.2) is 0 Å². The minimum Gasteiger partial charge on any atom is -0.311 e. The molecule has 1 atom stereocenters. The summed E-state index contributed by atoms with van der Waals surface area (Å²) in [5.41, 5.74) is 0.241.